The Labute approximate surface area is 221 Å². The number of nitrogens with zero attached hydrogens (tertiary/aromatic N) is 2. The van der Waals surface area contributed by atoms with Gasteiger partial charge >= 0.3 is 0 Å². The third-order valence-corrected chi connectivity index (χ3v) is 7.83. The smallest absolute Gasteiger partial charge is 0.264 e. The summed E-state index contributed by atoms with van der Waals surface area (Å²) < 4.78 is 41.8. The minimum Gasteiger partial charge on any atom is -0.355 e. The van der Waals surface area contributed by atoms with E-state index in [9.17, 15) is 22.4 Å². The number of hydrogen-bond donors (Lipinski definition) is 1. The van der Waals surface area contributed by atoms with Crippen molar-refractivity contribution in [3.05, 3.63) is 94.8 Å². The van der Waals surface area contributed by atoms with Crippen LogP contribution in [-0.2, 0) is 26.2 Å². The van der Waals surface area contributed by atoms with E-state index in [0.29, 0.717) is 17.1 Å². The van der Waals surface area contributed by atoms with Crippen LogP contribution in [0.15, 0.2) is 77.7 Å². The summed E-state index contributed by atoms with van der Waals surface area (Å²) in [5.41, 5.74) is 1.71. The minimum atomic E-state index is -4.15. The summed E-state index contributed by atoms with van der Waals surface area (Å²) in [4.78, 5) is 27.7. The summed E-state index contributed by atoms with van der Waals surface area (Å²) in [5, 5.41) is 3.10. The number of carbonyl (C=O) groups excluding carboxylic acids is 2. The average molecular weight is 546 g/mol. The van der Waals surface area contributed by atoms with E-state index in [2.05, 4.69) is 5.32 Å². The molecule has 196 valence electrons. The monoisotopic (exact) mass is 545 g/mol. The van der Waals surface area contributed by atoms with E-state index in [0.717, 1.165) is 9.87 Å². The zero-order valence-electron chi connectivity index (χ0n) is 20.8. The van der Waals surface area contributed by atoms with Crippen LogP contribution in [-0.4, -0.2) is 44.3 Å². The molecule has 3 aromatic rings. The molecule has 0 unspecified atom stereocenters. The number of anilines is 1. The molecule has 0 fully saturated rings. The zero-order chi connectivity index (χ0) is 27.2. The highest BCUT2D eigenvalue weighted by Gasteiger charge is 2.32. The standard InChI is InChI=1S/C27H29ClFN3O4S/c1-4-30-27(34)20(3)31(17-21-7-11-23(29)12-8-21)26(33)18-32(24-13-9-22(28)10-14-24)37(35,36)25-15-5-19(2)6-16-25/h5-16,20H,4,17-18H2,1-3H3,(H,30,34)/t20-/m0/s1. The zero-order valence-corrected chi connectivity index (χ0v) is 22.4. The van der Waals surface area contributed by atoms with Gasteiger partial charge in [0.25, 0.3) is 10.0 Å². The van der Waals surface area contributed by atoms with Gasteiger partial charge in [-0.3, -0.25) is 13.9 Å². The molecule has 7 nitrogen and oxygen atoms in total. The van der Waals surface area contributed by atoms with Gasteiger partial charge in [0.15, 0.2) is 0 Å². The fraction of sp³-hybridized carbons (Fsp3) is 0.259. The highest BCUT2D eigenvalue weighted by Crippen LogP contribution is 2.26. The van der Waals surface area contributed by atoms with E-state index in [1.54, 1.807) is 26.0 Å². The fourth-order valence-corrected chi connectivity index (χ4v) is 5.20. The van der Waals surface area contributed by atoms with Crippen LogP contribution >= 0.6 is 11.6 Å². The molecule has 0 aliphatic rings. The number of halogens is 2. The number of amides is 2. The van der Waals surface area contributed by atoms with Crippen LogP contribution in [0.2, 0.25) is 5.02 Å². The number of nitrogens with one attached hydrogen (secondary N) is 1. The van der Waals surface area contributed by atoms with E-state index in [4.69, 9.17) is 11.6 Å². The number of sulfonamides is 1. The minimum absolute atomic E-state index is 0.0164. The molecule has 0 saturated carbocycles. The van der Waals surface area contributed by atoms with Crippen molar-refractivity contribution in [1.82, 2.24) is 10.2 Å². The van der Waals surface area contributed by atoms with Gasteiger partial charge in [-0.25, -0.2) is 12.8 Å². The number of rotatable bonds is 10. The first-order valence-electron chi connectivity index (χ1n) is 11.7. The molecule has 37 heavy (non-hydrogen) atoms. The Kier molecular flexibility index (Phi) is 9.29. The first-order chi connectivity index (χ1) is 17.5. The van der Waals surface area contributed by atoms with Gasteiger partial charge in [0.2, 0.25) is 11.8 Å². The molecule has 0 aliphatic carbocycles. The maximum Gasteiger partial charge on any atom is 0.264 e. The molecule has 0 bridgehead atoms. The molecule has 1 atom stereocenters. The Morgan fingerprint density at radius 3 is 2.14 bits per heavy atom. The second kappa shape index (κ2) is 12.2. The van der Waals surface area contributed by atoms with E-state index >= 15 is 0 Å². The lowest BCUT2D eigenvalue weighted by Crippen LogP contribution is -2.51. The molecule has 1 N–H and O–H groups in total. The highest BCUT2D eigenvalue weighted by atomic mass is 35.5. The van der Waals surface area contributed by atoms with Gasteiger partial charge in [0.1, 0.15) is 18.4 Å². The quantitative estimate of drug-likeness (QED) is 0.405. The van der Waals surface area contributed by atoms with Crippen molar-refractivity contribution in [2.45, 2.75) is 38.3 Å². The molecule has 3 aromatic carbocycles. The Balaban J connectivity index is 2.01. The predicted octanol–water partition coefficient (Wildman–Crippen LogP) is 4.54. The van der Waals surface area contributed by atoms with Gasteiger partial charge in [0, 0.05) is 18.1 Å². The average Bonchev–Trinajstić information content (AvgIpc) is 2.87. The number of aryl methyl sites for hydroxylation is 1. The molecule has 3 rings (SSSR count). The van der Waals surface area contributed by atoms with Crippen LogP contribution in [0, 0.1) is 12.7 Å². The van der Waals surface area contributed by atoms with Gasteiger partial charge in [-0.15, -0.1) is 0 Å². The molecule has 0 saturated heterocycles. The topological polar surface area (TPSA) is 86.8 Å². The van der Waals surface area contributed by atoms with Gasteiger partial charge in [-0.1, -0.05) is 41.4 Å². The van der Waals surface area contributed by atoms with Crippen LogP contribution in [0.3, 0.4) is 0 Å². The van der Waals surface area contributed by atoms with Crippen molar-refractivity contribution >= 4 is 39.1 Å². The van der Waals surface area contributed by atoms with E-state index in [1.807, 2.05) is 6.92 Å². The second-order valence-electron chi connectivity index (χ2n) is 8.52. The molecule has 0 heterocycles. The number of likely N-dealkylation sites (N-methyl/N-ethyl adjacent to an activating group) is 1. The van der Waals surface area contributed by atoms with E-state index in [-0.39, 0.29) is 17.1 Å². The van der Waals surface area contributed by atoms with Crippen LogP contribution in [0.4, 0.5) is 10.1 Å². The Morgan fingerprint density at radius 1 is 0.973 bits per heavy atom. The van der Waals surface area contributed by atoms with Crippen LogP contribution < -0.4 is 9.62 Å². The third kappa shape index (κ3) is 7.08. The summed E-state index contributed by atoms with van der Waals surface area (Å²) in [6.45, 7) is 4.94. The van der Waals surface area contributed by atoms with Crippen molar-refractivity contribution in [1.29, 1.82) is 0 Å². The van der Waals surface area contributed by atoms with Crippen LogP contribution in [0.25, 0.3) is 0 Å². The number of benzene rings is 3. The van der Waals surface area contributed by atoms with Crippen molar-refractivity contribution in [3.63, 3.8) is 0 Å². The van der Waals surface area contributed by atoms with Gasteiger partial charge in [0.05, 0.1) is 10.6 Å². The number of hydrogen-bond acceptors (Lipinski definition) is 4. The molecular weight excluding hydrogens is 517 g/mol. The Morgan fingerprint density at radius 2 is 1.57 bits per heavy atom. The van der Waals surface area contributed by atoms with Crippen LogP contribution in [0.5, 0.6) is 0 Å². The van der Waals surface area contributed by atoms with Gasteiger partial charge in [-0.2, -0.15) is 0 Å². The Bertz CT molecular complexity index is 1330. The predicted molar refractivity (Wildman–Crippen MR) is 142 cm³/mol. The highest BCUT2D eigenvalue weighted by molar-refractivity contribution is 7.92. The molecule has 2 amide bonds. The van der Waals surface area contributed by atoms with Crippen molar-refractivity contribution in [2.24, 2.45) is 0 Å². The maximum atomic E-state index is 13.7. The summed E-state index contributed by atoms with van der Waals surface area (Å²) >= 11 is 6.01. The summed E-state index contributed by atoms with van der Waals surface area (Å²) in [5.74, 6) is -1.43. The van der Waals surface area contributed by atoms with Crippen molar-refractivity contribution < 1.29 is 22.4 Å². The molecular formula is C27H29ClFN3O4S. The van der Waals surface area contributed by atoms with Gasteiger partial charge < -0.3 is 10.2 Å². The normalized spacial score (nSPS) is 12.0. The largest absolute Gasteiger partial charge is 0.355 e. The lowest BCUT2D eigenvalue weighted by atomic mass is 10.1. The van der Waals surface area contributed by atoms with Crippen LogP contribution in [0.1, 0.15) is 25.0 Å². The Hall–Kier alpha value is -3.43. The summed E-state index contributed by atoms with van der Waals surface area (Å²) in [6.07, 6.45) is 0. The van der Waals surface area contributed by atoms with Crippen molar-refractivity contribution in [2.75, 3.05) is 17.4 Å². The molecule has 0 spiro atoms. The molecule has 0 radical (unpaired) electrons. The second-order valence-corrected chi connectivity index (χ2v) is 10.8. The van der Waals surface area contributed by atoms with Gasteiger partial charge in [-0.05, 0) is 74.9 Å². The lowest BCUT2D eigenvalue weighted by molar-refractivity contribution is -0.139. The SMILES string of the molecule is CCNC(=O)[C@H](C)N(Cc1ccc(F)cc1)C(=O)CN(c1ccc(Cl)cc1)S(=O)(=O)c1ccc(C)cc1. The number of carbonyl (C=O) groups is 2. The maximum absolute atomic E-state index is 13.7. The molecule has 0 aromatic heterocycles. The first-order valence-corrected chi connectivity index (χ1v) is 13.5. The summed E-state index contributed by atoms with van der Waals surface area (Å²) in [7, 11) is -4.15. The fourth-order valence-electron chi connectivity index (χ4n) is 3.66. The summed E-state index contributed by atoms with van der Waals surface area (Å²) in [6, 6.07) is 17.0. The van der Waals surface area contributed by atoms with E-state index in [1.165, 1.54) is 65.6 Å². The lowest BCUT2D eigenvalue weighted by Gasteiger charge is -2.32. The molecule has 10 heteroatoms. The first kappa shape index (κ1) is 28.1. The molecule has 0 aliphatic heterocycles. The third-order valence-electron chi connectivity index (χ3n) is 5.79. The van der Waals surface area contributed by atoms with E-state index < -0.39 is 40.2 Å². The van der Waals surface area contributed by atoms with Crippen molar-refractivity contribution in [3.8, 4) is 0 Å².